The third-order valence-electron chi connectivity index (χ3n) is 4.18. The van der Waals surface area contributed by atoms with E-state index < -0.39 is 0 Å². The van der Waals surface area contributed by atoms with Gasteiger partial charge in [-0.3, -0.25) is 4.79 Å². The van der Waals surface area contributed by atoms with Crippen molar-refractivity contribution >= 4 is 5.97 Å². The number of ether oxygens (including phenoxy) is 1. The lowest BCUT2D eigenvalue weighted by atomic mass is 10.1. The van der Waals surface area contributed by atoms with Crippen LogP contribution in [-0.2, 0) is 9.53 Å². The predicted molar refractivity (Wildman–Crippen MR) is 102 cm³/mol. The molecule has 3 heteroatoms. The van der Waals surface area contributed by atoms with Gasteiger partial charge in [-0.1, -0.05) is 70.9 Å². The number of allylic oxidation sites excluding steroid dienone is 1. The van der Waals surface area contributed by atoms with E-state index in [0.717, 1.165) is 44.9 Å². The molecule has 0 aliphatic carbocycles. The summed E-state index contributed by atoms with van der Waals surface area (Å²) in [5, 5.41) is 9.86. The number of hydrogen-bond acceptors (Lipinski definition) is 3. The van der Waals surface area contributed by atoms with E-state index in [1.807, 2.05) is 6.92 Å². The summed E-state index contributed by atoms with van der Waals surface area (Å²) in [7, 11) is 0. The van der Waals surface area contributed by atoms with Gasteiger partial charge in [0.15, 0.2) is 0 Å². The fourth-order valence-electron chi connectivity index (χ4n) is 2.65. The minimum absolute atomic E-state index is 0.0481. The Bertz CT molecular complexity index is 299. The lowest BCUT2D eigenvalue weighted by Crippen LogP contribution is -2.04. The molecule has 0 amide bonds. The van der Waals surface area contributed by atoms with Gasteiger partial charge >= 0.3 is 5.97 Å². The zero-order valence-electron chi connectivity index (χ0n) is 16.1. The Hall–Kier alpha value is -0.830. The summed E-state index contributed by atoms with van der Waals surface area (Å²) in [6.45, 7) is 4.77. The van der Waals surface area contributed by atoms with Crippen LogP contribution in [0.2, 0.25) is 0 Å². The highest BCUT2D eigenvalue weighted by Gasteiger charge is 2.02. The van der Waals surface area contributed by atoms with Gasteiger partial charge in [-0.15, -0.1) is 0 Å². The van der Waals surface area contributed by atoms with E-state index in [9.17, 15) is 9.90 Å². The van der Waals surface area contributed by atoms with Crippen molar-refractivity contribution in [3.8, 4) is 0 Å². The molecule has 0 aliphatic heterocycles. The largest absolute Gasteiger partial charge is 0.466 e. The number of hydrogen-bond donors (Lipinski definition) is 1. The standard InChI is InChI=1S/C21H40O3/c1-3-5-6-13-16-20(22)17-14-11-9-7-8-10-12-15-18-21(23)24-19-4-2/h11,14,20,22H,3-10,12-13,15-19H2,1-2H3/b14-11+. The summed E-state index contributed by atoms with van der Waals surface area (Å²) in [5.41, 5.74) is 0. The number of aliphatic hydroxyl groups excluding tert-OH is 1. The molecule has 1 unspecified atom stereocenters. The van der Waals surface area contributed by atoms with Crippen molar-refractivity contribution in [1.29, 1.82) is 0 Å². The van der Waals surface area contributed by atoms with Gasteiger partial charge in [0, 0.05) is 6.42 Å². The van der Waals surface area contributed by atoms with E-state index in [1.165, 1.54) is 38.5 Å². The van der Waals surface area contributed by atoms with E-state index in [0.29, 0.717) is 13.0 Å². The summed E-state index contributed by atoms with van der Waals surface area (Å²) >= 11 is 0. The average Bonchev–Trinajstić information content (AvgIpc) is 2.58. The lowest BCUT2D eigenvalue weighted by Gasteiger charge is -2.07. The van der Waals surface area contributed by atoms with Crippen molar-refractivity contribution in [3.63, 3.8) is 0 Å². The second-order valence-corrected chi connectivity index (χ2v) is 6.74. The fraction of sp³-hybridized carbons (Fsp3) is 0.857. The van der Waals surface area contributed by atoms with Crippen LogP contribution in [0.1, 0.15) is 104 Å². The number of esters is 1. The molecule has 0 aromatic rings. The molecule has 3 nitrogen and oxygen atoms in total. The third-order valence-corrected chi connectivity index (χ3v) is 4.18. The Labute approximate surface area is 149 Å². The normalized spacial score (nSPS) is 12.6. The summed E-state index contributed by atoms with van der Waals surface area (Å²) < 4.78 is 5.05. The van der Waals surface area contributed by atoms with Gasteiger partial charge < -0.3 is 9.84 Å². The molecule has 1 atom stereocenters. The molecule has 0 fully saturated rings. The van der Waals surface area contributed by atoms with Gasteiger partial charge in [0.2, 0.25) is 0 Å². The van der Waals surface area contributed by atoms with E-state index >= 15 is 0 Å². The number of unbranched alkanes of at least 4 members (excludes halogenated alkanes) is 8. The zero-order valence-corrected chi connectivity index (χ0v) is 16.1. The highest BCUT2D eigenvalue weighted by atomic mass is 16.5. The van der Waals surface area contributed by atoms with Crippen molar-refractivity contribution in [1.82, 2.24) is 0 Å². The van der Waals surface area contributed by atoms with Crippen molar-refractivity contribution in [2.45, 2.75) is 110 Å². The minimum atomic E-state index is -0.162. The molecule has 0 aromatic heterocycles. The van der Waals surface area contributed by atoms with Gasteiger partial charge in [0.25, 0.3) is 0 Å². The van der Waals surface area contributed by atoms with E-state index in [2.05, 4.69) is 19.1 Å². The van der Waals surface area contributed by atoms with Crippen LogP contribution in [0, 0.1) is 0 Å². The maximum atomic E-state index is 11.3. The molecule has 0 saturated heterocycles. The maximum Gasteiger partial charge on any atom is 0.305 e. The molecule has 0 bridgehead atoms. The zero-order chi connectivity index (χ0) is 17.9. The van der Waals surface area contributed by atoms with Gasteiger partial charge in [-0.25, -0.2) is 0 Å². The van der Waals surface area contributed by atoms with Crippen molar-refractivity contribution in [2.24, 2.45) is 0 Å². The van der Waals surface area contributed by atoms with Crippen molar-refractivity contribution in [2.75, 3.05) is 6.61 Å². The summed E-state index contributed by atoms with van der Waals surface area (Å²) in [6, 6.07) is 0. The molecule has 24 heavy (non-hydrogen) atoms. The van der Waals surface area contributed by atoms with E-state index in [1.54, 1.807) is 0 Å². The first kappa shape index (κ1) is 23.2. The molecule has 0 rings (SSSR count). The Morgan fingerprint density at radius 2 is 1.62 bits per heavy atom. The first-order valence-electron chi connectivity index (χ1n) is 10.2. The van der Waals surface area contributed by atoms with Crippen molar-refractivity contribution in [3.05, 3.63) is 12.2 Å². The Kier molecular flexibility index (Phi) is 17.9. The van der Waals surface area contributed by atoms with Crippen LogP contribution in [0.15, 0.2) is 12.2 Å². The molecule has 0 saturated carbocycles. The van der Waals surface area contributed by atoms with Crippen LogP contribution in [0.3, 0.4) is 0 Å². The predicted octanol–water partition coefficient (Wildman–Crippen LogP) is 5.95. The SMILES string of the molecule is CCCCCCC(O)C/C=C/CCCCCCCC(=O)OCCC. The summed E-state index contributed by atoms with van der Waals surface area (Å²) in [4.78, 5) is 11.3. The Morgan fingerprint density at radius 1 is 0.917 bits per heavy atom. The number of carbonyl (C=O) groups excluding carboxylic acids is 1. The summed E-state index contributed by atoms with van der Waals surface area (Å²) in [6.07, 6.45) is 19.1. The maximum absolute atomic E-state index is 11.3. The lowest BCUT2D eigenvalue weighted by molar-refractivity contribution is -0.143. The van der Waals surface area contributed by atoms with Crippen LogP contribution in [-0.4, -0.2) is 23.8 Å². The van der Waals surface area contributed by atoms with E-state index in [-0.39, 0.29) is 12.1 Å². The van der Waals surface area contributed by atoms with Crippen LogP contribution in [0.25, 0.3) is 0 Å². The second kappa shape index (κ2) is 18.5. The van der Waals surface area contributed by atoms with Gasteiger partial charge in [0.1, 0.15) is 0 Å². The van der Waals surface area contributed by atoms with E-state index in [4.69, 9.17) is 4.74 Å². The smallest absolute Gasteiger partial charge is 0.305 e. The second-order valence-electron chi connectivity index (χ2n) is 6.74. The molecular formula is C21H40O3. The van der Waals surface area contributed by atoms with Gasteiger partial charge in [-0.2, -0.15) is 0 Å². The number of carbonyl (C=O) groups is 1. The quantitative estimate of drug-likeness (QED) is 0.202. The van der Waals surface area contributed by atoms with Gasteiger partial charge in [0.05, 0.1) is 12.7 Å². The molecule has 0 spiro atoms. The molecule has 0 aromatic carbocycles. The van der Waals surface area contributed by atoms with Crippen molar-refractivity contribution < 1.29 is 14.6 Å². The molecule has 142 valence electrons. The van der Waals surface area contributed by atoms with Crippen LogP contribution in [0.4, 0.5) is 0 Å². The molecule has 0 aliphatic rings. The number of aliphatic hydroxyl groups is 1. The Balaban J connectivity index is 3.30. The number of rotatable bonds is 17. The fourth-order valence-corrected chi connectivity index (χ4v) is 2.65. The van der Waals surface area contributed by atoms with Gasteiger partial charge in [-0.05, 0) is 38.5 Å². The van der Waals surface area contributed by atoms with Crippen LogP contribution in [0.5, 0.6) is 0 Å². The summed E-state index contributed by atoms with van der Waals surface area (Å²) in [5.74, 6) is -0.0481. The molecule has 0 heterocycles. The third kappa shape index (κ3) is 17.5. The highest BCUT2D eigenvalue weighted by Crippen LogP contribution is 2.10. The molecule has 1 N–H and O–H groups in total. The Morgan fingerprint density at radius 3 is 2.38 bits per heavy atom. The first-order chi connectivity index (χ1) is 11.7. The van der Waals surface area contributed by atoms with Crippen LogP contribution >= 0.6 is 0 Å². The topological polar surface area (TPSA) is 46.5 Å². The average molecular weight is 341 g/mol. The first-order valence-corrected chi connectivity index (χ1v) is 10.2. The molecular weight excluding hydrogens is 300 g/mol. The monoisotopic (exact) mass is 340 g/mol. The minimum Gasteiger partial charge on any atom is -0.466 e. The van der Waals surface area contributed by atoms with Crippen LogP contribution < -0.4 is 0 Å². The highest BCUT2D eigenvalue weighted by molar-refractivity contribution is 5.69. The molecule has 0 radical (unpaired) electrons.